The molecule has 1 fully saturated rings. The molecule has 0 saturated carbocycles. The predicted molar refractivity (Wildman–Crippen MR) is 110 cm³/mol. The number of hydrogen-bond acceptors (Lipinski definition) is 5. The van der Waals surface area contributed by atoms with Crippen molar-refractivity contribution in [3.63, 3.8) is 0 Å². The highest BCUT2D eigenvalue weighted by molar-refractivity contribution is 5.81. The van der Waals surface area contributed by atoms with E-state index >= 15 is 0 Å². The summed E-state index contributed by atoms with van der Waals surface area (Å²) in [7, 11) is 0. The first kappa shape index (κ1) is 18.2. The zero-order valence-electron chi connectivity index (χ0n) is 16.8. The van der Waals surface area contributed by atoms with Crippen molar-refractivity contribution in [3.05, 3.63) is 53.7 Å². The van der Waals surface area contributed by atoms with Crippen LogP contribution < -0.4 is 0 Å². The Hall–Kier alpha value is -2.80. The van der Waals surface area contributed by atoms with Crippen LogP contribution in [0, 0.1) is 0 Å². The number of amides is 1. The molecule has 7 heteroatoms. The SMILES string of the molecule is CC(=O)N1CCn2c(nnc2C2CCCN(Cc3ccnc4ccccc34)C2)C1. The largest absolute Gasteiger partial charge is 0.334 e. The molecule has 5 rings (SSSR count). The van der Waals surface area contributed by atoms with Gasteiger partial charge in [0.15, 0.2) is 5.82 Å². The molecule has 0 spiro atoms. The van der Waals surface area contributed by atoms with Gasteiger partial charge < -0.3 is 9.47 Å². The first-order chi connectivity index (χ1) is 14.2. The van der Waals surface area contributed by atoms with Gasteiger partial charge in [-0.15, -0.1) is 10.2 Å². The van der Waals surface area contributed by atoms with Crippen LogP contribution in [0.5, 0.6) is 0 Å². The summed E-state index contributed by atoms with van der Waals surface area (Å²) in [6.07, 6.45) is 4.21. The van der Waals surface area contributed by atoms with Gasteiger partial charge in [-0.25, -0.2) is 0 Å². The maximum absolute atomic E-state index is 11.7. The summed E-state index contributed by atoms with van der Waals surface area (Å²) >= 11 is 0. The number of nitrogens with zero attached hydrogens (tertiary/aromatic N) is 6. The first-order valence-electron chi connectivity index (χ1n) is 10.4. The summed E-state index contributed by atoms with van der Waals surface area (Å²) in [4.78, 5) is 20.5. The van der Waals surface area contributed by atoms with Crippen LogP contribution in [0.3, 0.4) is 0 Å². The van der Waals surface area contributed by atoms with Crippen molar-refractivity contribution < 1.29 is 4.79 Å². The average Bonchev–Trinajstić information content (AvgIpc) is 3.17. The van der Waals surface area contributed by atoms with Gasteiger partial charge in [0.05, 0.1) is 12.1 Å². The van der Waals surface area contributed by atoms with Crippen LogP contribution in [0.25, 0.3) is 10.9 Å². The number of likely N-dealkylation sites (tertiary alicyclic amines) is 1. The van der Waals surface area contributed by atoms with Gasteiger partial charge in [-0.3, -0.25) is 14.7 Å². The molecule has 1 aromatic carbocycles. The maximum Gasteiger partial charge on any atom is 0.219 e. The molecule has 150 valence electrons. The molecule has 4 heterocycles. The highest BCUT2D eigenvalue weighted by Crippen LogP contribution is 2.29. The van der Waals surface area contributed by atoms with Crippen LogP contribution in [-0.2, 0) is 24.4 Å². The van der Waals surface area contributed by atoms with Gasteiger partial charge in [-0.2, -0.15) is 0 Å². The van der Waals surface area contributed by atoms with E-state index in [2.05, 4.69) is 48.9 Å². The number of hydrogen-bond donors (Lipinski definition) is 0. The molecule has 2 aromatic heterocycles. The van der Waals surface area contributed by atoms with Gasteiger partial charge in [0.1, 0.15) is 5.82 Å². The standard InChI is InChI=1S/C22H26N6O/c1-16(29)27-11-12-28-21(15-27)24-25-22(28)18-5-4-10-26(14-18)13-17-8-9-23-20-7-3-2-6-19(17)20/h2-3,6-9,18H,4-5,10-15H2,1H3. The number of para-hydroxylation sites is 1. The fraction of sp³-hybridized carbons (Fsp3) is 0.455. The van der Waals surface area contributed by atoms with Crippen LogP contribution in [0.4, 0.5) is 0 Å². The lowest BCUT2D eigenvalue weighted by Gasteiger charge is -2.33. The molecule has 3 aromatic rings. The minimum Gasteiger partial charge on any atom is -0.334 e. The van der Waals surface area contributed by atoms with E-state index in [4.69, 9.17) is 0 Å². The van der Waals surface area contributed by atoms with Crippen molar-refractivity contribution in [1.82, 2.24) is 29.5 Å². The van der Waals surface area contributed by atoms with E-state index in [1.807, 2.05) is 17.2 Å². The topological polar surface area (TPSA) is 67.2 Å². The lowest BCUT2D eigenvalue weighted by Crippen LogP contribution is -2.39. The van der Waals surface area contributed by atoms with Crippen molar-refractivity contribution in [2.24, 2.45) is 0 Å². The number of piperidine rings is 1. The molecule has 1 unspecified atom stereocenters. The second-order valence-corrected chi connectivity index (χ2v) is 8.13. The Bertz CT molecular complexity index is 1040. The van der Waals surface area contributed by atoms with Gasteiger partial charge in [-0.1, -0.05) is 18.2 Å². The summed E-state index contributed by atoms with van der Waals surface area (Å²) in [5.41, 5.74) is 2.39. The van der Waals surface area contributed by atoms with Gasteiger partial charge in [0.25, 0.3) is 0 Å². The molecule has 2 aliphatic heterocycles. The Morgan fingerprint density at radius 3 is 2.93 bits per heavy atom. The molecule has 1 saturated heterocycles. The third-order valence-corrected chi connectivity index (χ3v) is 6.23. The summed E-state index contributed by atoms with van der Waals surface area (Å²) in [6.45, 7) is 6.75. The Labute approximate surface area is 170 Å². The van der Waals surface area contributed by atoms with Crippen molar-refractivity contribution >= 4 is 16.8 Å². The first-order valence-corrected chi connectivity index (χ1v) is 10.4. The van der Waals surface area contributed by atoms with Gasteiger partial charge in [0, 0.05) is 50.6 Å². The Morgan fingerprint density at radius 1 is 1.14 bits per heavy atom. The van der Waals surface area contributed by atoms with Crippen LogP contribution in [-0.4, -0.2) is 55.1 Å². The van der Waals surface area contributed by atoms with Gasteiger partial charge in [0.2, 0.25) is 5.91 Å². The monoisotopic (exact) mass is 390 g/mol. The van der Waals surface area contributed by atoms with E-state index in [0.29, 0.717) is 12.5 Å². The average molecular weight is 390 g/mol. The van der Waals surface area contributed by atoms with E-state index < -0.39 is 0 Å². The van der Waals surface area contributed by atoms with Crippen LogP contribution in [0.1, 0.15) is 42.9 Å². The Balaban J connectivity index is 1.34. The summed E-state index contributed by atoms with van der Waals surface area (Å²) < 4.78 is 2.25. The molecule has 1 amide bonds. The minimum absolute atomic E-state index is 0.106. The van der Waals surface area contributed by atoms with E-state index in [9.17, 15) is 4.79 Å². The highest BCUT2D eigenvalue weighted by atomic mass is 16.2. The third-order valence-electron chi connectivity index (χ3n) is 6.23. The molecule has 0 radical (unpaired) electrons. The number of fused-ring (bicyclic) bond motifs is 2. The smallest absolute Gasteiger partial charge is 0.219 e. The molecule has 1 atom stereocenters. The van der Waals surface area contributed by atoms with Gasteiger partial charge >= 0.3 is 0 Å². The number of carbonyl (C=O) groups excluding carboxylic acids is 1. The molecule has 0 aliphatic carbocycles. The maximum atomic E-state index is 11.7. The van der Waals surface area contributed by atoms with E-state index in [1.54, 1.807) is 6.92 Å². The van der Waals surface area contributed by atoms with Crippen LogP contribution >= 0.6 is 0 Å². The predicted octanol–water partition coefficient (Wildman–Crippen LogP) is 2.57. The highest BCUT2D eigenvalue weighted by Gasteiger charge is 2.29. The van der Waals surface area contributed by atoms with Crippen molar-refractivity contribution in [2.75, 3.05) is 19.6 Å². The minimum atomic E-state index is 0.106. The van der Waals surface area contributed by atoms with E-state index in [-0.39, 0.29) is 5.91 Å². The number of carbonyl (C=O) groups is 1. The van der Waals surface area contributed by atoms with E-state index in [1.165, 1.54) is 10.9 Å². The lowest BCUT2D eigenvalue weighted by molar-refractivity contribution is -0.130. The fourth-order valence-electron chi connectivity index (χ4n) is 4.69. The summed E-state index contributed by atoms with van der Waals surface area (Å²) in [6, 6.07) is 10.5. The summed E-state index contributed by atoms with van der Waals surface area (Å²) in [5.74, 6) is 2.50. The lowest BCUT2D eigenvalue weighted by atomic mass is 9.96. The number of pyridine rings is 1. The zero-order valence-corrected chi connectivity index (χ0v) is 16.8. The van der Waals surface area contributed by atoms with Gasteiger partial charge in [-0.05, 0) is 37.1 Å². The molecular formula is C22H26N6O. The quantitative estimate of drug-likeness (QED) is 0.688. The fourth-order valence-corrected chi connectivity index (χ4v) is 4.69. The Kier molecular flexibility index (Phi) is 4.75. The van der Waals surface area contributed by atoms with Crippen LogP contribution in [0.2, 0.25) is 0 Å². The number of benzene rings is 1. The normalized spacial score (nSPS) is 20.0. The molecule has 0 N–H and O–H groups in total. The number of rotatable bonds is 3. The van der Waals surface area contributed by atoms with Crippen molar-refractivity contribution in [1.29, 1.82) is 0 Å². The molecule has 7 nitrogen and oxygen atoms in total. The number of aromatic nitrogens is 4. The van der Waals surface area contributed by atoms with Crippen molar-refractivity contribution in [3.8, 4) is 0 Å². The second kappa shape index (κ2) is 7.55. The van der Waals surface area contributed by atoms with Crippen LogP contribution in [0.15, 0.2) is 36.5 Å². The molecular weight excluding hydrogens is 364 g/mol. The second-order valence-electron chi connectivity index (χ2n) is 8.13. The van der Waals surface area contributed by atoms with Crippen molar-refractivity contribution in [2.45, 2.75) is 45.3 Å². The third kappa shape index (κ3) is 3.51. The zero-order chi connectivity index (χ0) is 19.8. The Morgan fingerprint density at radius 2 is 2.03 bits per heavy atom. The molecule has 0 bridgehead atoms. The summed E-state index contributed by atoms with van der Waals surface area (Å²) in [5, 5.41) is 10.2. The molecule has 29 heavy (non-hydrogen) atoms. The molecule has 2 aliphatic rings. The van der Waals surface area contributed by atoms with E-state index in [0.717, 1.165) is 62.7 Å².